The molecule has 1 aromatic carbocycles. The molecule has 0 saturated heterocycles. The van der Waals surface area contributed by atoms with Crippen molar-refractivity contribution in [1.82, 2.24) is 15.0 Å². The molecule has 0 aliphatic rings. The molecule has 0 atom stereocenters. The molecule has 0 aliphatic heterocycles. The Morgan fingerprint density at radius 3 is 2.50 bits per heavy atom. The molecule has 2 N–H and O–H groups in total. The lowest BCUT2D eigenvalue weighted by molar-refractivity contribution is 0.594. The number of thiazole rings is 1. The van der Waals surface area contributed by atoms with E-state index in [2.05, 4.69) is 15.0 Å². The van der Waals surface area contributed by atoms with Crippen LogP contribution in [0.15, 0.2) is 27.9 Å². The van der Waals surface area contributed by atoms with Crippen molar-refractivity contribution in [3.8, 4) is 0 Å². The van der Waals surface area contributed by atoms with E-state index in [9.17, 15) is 13.2 Å². The van der Waals surface area contributed by atoms with Crippen molar-refractivity contribution in [1.29, 1.82) is 0 Å². The van der Waals surface area contributed by atoms with Crippen LogP contribution in [0.2, 0.25) is 0 Å². The Bertz CT molecular complexity index is 994. The summed E-state index contributed by atoms with van der Waals surface area (Å²) in [6.45, 7) is 3.74. The third kappa shape index (κ3) is 2.32. The molecule has 0 bridgehead atoms. The molecule has 0 fully saturated rings. The van der Waals surface area contributed by atoms with E-state index >= 15 is 0 Å². The van der Waals surface area contributed by atoms with E-state index in [0.717, 1.165) is 14.9 Å². The Hall–Kier alpha value is -2.13. The molecule has 22 heavy (non-hydrogen) atoms. The van der Waals surface area contributed by atoms with Gasteiger partial charge in [0.1, 0.15) is 0 Å². The van der Waals surface area contributed by atoms with Crippen LogP contribution < -0.4 is 9.99 Å². The third-order valence-electron chi connectivity index (χ3n) is 3.43. The highest BCUT2D eigenvalue weighted by atomic mass is 32.2. The molecule has 0 radical (unpaired) electrons. The topological polar surface area (TPSA) is 98.9 Å². The summed E-state index contributed by atoms with van der Waals surface area (Å²) in [7, 11) is -2.26. The van der Waals surface area contributed by atoms with E-state index in [1.807, 2.05) is 13.8 Å². The molecule has 0 amide bonds. The fourth-order valence-electron chi connectivity index (χ4n) is 2.02. The van der Waals surface area contributed by atoms with E-state index in [-0.39, 0.29) is 10.6 Å². The fraction of sp³-hybridized carbons (Fsp3) is 0.231. The monoisotopic (exact) mass is 338 g/mol. The number of nitrogens with one attached hydrogen (secondary N) is 2. The van der Waals surface area contributed by atoms with E-state index in [1.54, 1.807) is 6.07 Å². The Morgan fingerprint density at radius 2 is 1.86 bits per heavy atom. The summed E-state index contributed by atoms with van der Waals surface area (Å²) in [5.41, 5.74) is 1.45. The smallest absolute Gasteiger partial charge is 0.306 e. The van der Waals surface area contributed by atoms with Gasteiger partial charge in [-0.25, -0.2) is 22.5 Å². The van der Waals surface area contributed by atoms with Crippen molar-refractivity contribution in [3.05, 3.63) is 39.3 Å². The van der Waals surface area contributed by atoms with Crippen LogP contribution in [0.25, 0.3) is 11.0 Å². The first-order valence-corrected chi connectivity index (χ1v) is 8.70. The molecule has 9 heteroatoms. The van der Waals surface area contributed by atoms with E-state index in [4.69, 9.17) is 0 Å². The minimum atomic E-state index is -3.73. The second-order valence-corrected chi connectivity index (χ2v) is 8.05. The first-order valence-electron chi connectivity index (χ1n) is 6.44. The van der Waals surface area contributed by atoms with Gasteiger partial charge in [-0.3, -0.25) is 0 Å². The quantitative estimate of drug-likeness (QED) is 0.760. The number of hydrogen-bond donors (Lipinski definition) is 2. The van der Waals surface area contributed by atoms with Crippen molar-refractivity contribution in [3.63, 3.8) is 0 Å². The second kappa shape index (κ2) is 4.96. The molecular weight excluding hydrogens is 324 g/mol. The number of H-pyrrole nitrogens is 2. The van der Waals surface area contributed by atoms with Gasteiger partial charge in [-0.05, 0) is 32.0 Å². The molecule has 2 aromatic heterocycles. The standard InChI is InChI=1S/C13H14N4O3S2/c1-7-8(2)21-13(14-7)17(3)22(19,20)9-4-5-10-11(6-9)16-12(18)15-10/h4-6H,1-3H3,(H2,15,16,18). The SMILES string of the molecule is Cc1nc(N(C)S(=O)(=O)c2ccc3[nH]c(=O)[nH]c3c2)sc1C. The van der Waals surface area contributed by atoms with E-state index < -0.39 is 10.0 Å². The lowest BCUT2D eigenvalue weighted by Gasteiger charge is -2.16. The fourth-order valence-corrected chi connectivity index (χ4v) is 4.28. The normalized spacial score (nSPS) is 12.0. The summed E-state index contributed by atoms with van der Waals surface area (Å²) in [4.78, 5) is 21.7. The van der Waals surface area contributed by atoms with Gasteiger partial charge in [-0.2, -0.15) is 0 Å². The highest BCUT2D eigenvalue weighted by molar-refractivity contribution is 7.93. The van der Waals surface area contributed by atoms with Gasteiger partial charge in [0.05, 0.1) is 21.6 Å². The maximum absolute atomic E-state index is 12.7. The van der Waals surface area contributed by atoms with Crippen molar-refractivity contribution in [2.75, 3.05) is 11.4 Å². The molecule has 3 rings (SSSR count). The zero-order valence-corrected chi connectivity index (χ0v) is 13.8. The first kappa shape index (κ1) is 14.8. The summed E-state index contributed by atoms with van der Waals surface area (Å²) in [6.07, 6.45) is 0. The van der Waals surface area contributed by atoms with Gasteiger partial charge in [0.2, 0.25) is 0 Å². The number of aromatic amines is 2. The number of rotatable bonds is 3. The van der Waals surface area contributed by atoms with Crippen LogP contribution in [-0.2, 0) is 10.0 Å². The van der Waals surface area contributed by atoms with Crippen LogP contribution in [0, 0.1) is 13.8 Å². The average molecular weight is 338 g/mol. The minimum Gasteiger partial charge on any atom is -0.306 e. The van der Waals surface area contributed by atoms with Crippen LogP contribution in [0.4, 0.5) is 5.13 Å². The van der Waals surface area contributed by atoms with Crippen molar-refractivity contribution >= 4 is 37.5 Å². The largest absolute Gasteiger partial charge is 0.323 e. The third-order valence-corrected chi connectivity index (χ3v) is 6.44. The summed E-state index contributed by atoms with van der Waals surface area (Å²) in [5.74, 6) is 0. The maximum Gasteiger partial charge on any atom is 0.323 e. The molecule has 0 saturated carbocycles. The van der Waals surface area contributed by atoms with Crippen LogP contribution in [0.3, 0.4) is 0 Å². The number of aromatic nitrogens is 3. The number of nitrogens with zero attached hydrogens (tertiary/aromatic N) is 2. The lowest BCUT2D eigenvalue weighted by atomic mass is 10.3. The Balaban J connectivity index is 2.08. The van der Waals surface area contributed by atoms with Crippen molar-refractivity contribution < 1.29 is 8.42 Å². The second-order valence-electron chi connectivity index (χ2n) is 4.90. The summed E-state index contributed by atoms with van der Waals surface area (Å²) in [6, 6.07) is 4.46. The molecule has 7 nitrogen and oxygen atoms in total. The zero-order valence-electron chi connectivity index (χ0n) is 12.2. The number of imidazole rings is 1. The summed E-state index contributed by atoms with van der Waals surface area (Å²) in [5, 5.41) is 0.414. The van der Waals surface area contributed by atoms with E-state index in [0.29, 0.717) is 16.2 Å². The highest BCUT2D eigenvalue weighted by Crippen LogP contribution is 2.29. The Labute approximate surface area is 130 Å². The van der Waals surface area contributed by atoms with Gasteiger partial charge in [-0.15, -0.1) is 11.3 Å². The number of aryl methyl sites for hydroxylation is 2. The van der Waals surface area contributed by atoms with Gasteiger partial charge < -0.3 is 9.97 Å². The van der Waals surface area contributed by atoms with Gasteiger partial charge in [0.25, 0.3) is 10.0 Å². The maximum atomic E-state index is 12.7. The molecular formula is C13H14N4O3S2. The predicted molar refractivity (Wildman–Crippen MR) is 86.1 cm³/mol. The molecule has 0 spiro atoms. The zero-order chi connectivity index (χ0) is 16.1. The number of fused-ring (bicyclic) bond motifs is 1. The molecule has 0 aliphatic carbocycles. The lowest BCUT2D eigenvalue weighted by Crippen LogP contribution is -2.26. The van der Waals surface area contributed by atoms with Gasteiger partial charge in [0, 0.05) is 11.9 Å². The molecule has 116 valence electrons. The van der Waals surface area contributed by atoms with Crippen LogP contribution in [0.5, 0.6) is 0 Å². The number of benzene rings is 1. The molecule has 0 unspecified atom stereocenters. The average Bonchev–Trinajstić information content (AvgIpc) is 2.99. The summed E-state index contributed by atoms with van der Waals surface area (Å²) >= 11 is 1.32. The number of sulfonamides is 1. The van der Waals surface area contributed by atoms with Gasteiger partial charge >= 0.3 is 5.69 Å². The predicted octanol–water partition coefficient (Wildman–Crippen LogP) is 1.75. The highest BCUT2D eigenvalue weighted by Gasteiger charge is 2.24. The van der Waals surface area contributed by atoms with Crippen LogP contribution in [-0.4, -0.2) is 30.4 Å². The first-order chi connectivity index (χ1) is 10.3. The number of hydrogen-bond acceptors (Lipinski definition) is 5. The summed E-state index contributed by atoms with van der Waals surface area (Å²) < 4.78 is 26.5. The van der Waals surface area contributed by atoms with Gasteiger partial charge in [0.15, 0.2) is 5.13 Å². The van der Waals surface area contributed by atoms with Gasteiger partial charge in [-0.1, -0.05) is 0 Å². The Morgan fingerprint density at radius 1 is 1.18 bits per heavy atom. The molecule has 3 aromatic rings. The van der Waals surface area contributed by atoms with E-state index in [1.165, 1.54) is 30.5 Å². The van der Waals surface area contributed by atoms with Crippen molar-refractivity contribution in [2.24, 2.45) is 0 Å². The van der Waals surface area contributed by atoms with Crippen LogP contribution in [0.1, 0.15) is 10.6 Å². The van der Waals surface area contributed by atoms with Crippen LogP contribution >= 0.6 is 11.3 Å². The number of anilines is 1. The minimum absolute atomic E-state index is 0.100. The Kier molecular flexibility index (Phi) is 3.33. The van der Waals surface area contributed by atoms with Crippen molar-refractivity contribution in [2.45, 2.75) is 18.7 Å². The molecule has 2 heterocycles.